The number of halogens is 1. The molecule has 0 bridgehead atoms. The zero-order chi connectivity index (χ0) is 10.7. The lowest BCUT2D eigenvalue weighted by molar-refractivity contribution is -0.137. The lowest BCUT2D eigenvalue weighted by Gasteiger charge is -2.12. The van der Waals surface area contributed by atoms with Crippen LogP contribution in [-0.2, 0) is 4.79 Å². The molecule has 0 radical (unpaired) electrons. The van der Waals surface area contributed by atoms with Gasteiger partial charge in [-0.15, -0.1) is 11.3 Å². The van der Waals surface area contributed by atoms with Crippen molar-refractivity contribution in [1.29, 1.82) is 0 Å². The van der Waals surface area contributed by atoms with E-state index in [0.29, 0.717) is 9.21 Å². The summed E-state index contributed by atoms with van der Waals surface area (Å²) in [6, 6.07) is 3.18. The highest BCUT2D eigenvalue weighted by atomic mass is 35.5. The van der Waals surface area contributed by atoms with Crippen LogP contribution >= 0.6 is 22.9 Å². The van der Waals surface area contributed by atoms with Crippen molar-refractivity contribution < 1.29 is 14.7 Å². The molecule has 1 aromatic heterocycles. The molecule has 0 unspecified atom stereocenters. The number of likely N-dealkylation sites (N-methyl/N-ethyl adjacent to an activating group) is 1. The van der Waals surface area contributed by atoms with Crippen LogP contribution in [0.1, 0.15) is 9.67 Å². The Labute approximate surface area is 89.7 Å². The molecule has 0 aliphatic heterocycles. The minimum Gasteiger partial charge on any atom is -0.480 e. The number of hydrogen-bond acceptors (Lipinski definition) is 3. The molecule has 0 atom stereocenters. The molecule has 1 amide bonds. The van der Waals surface area contributed by atoms with E-state index in [1.54, 1.807) is 12.1 Å². The van der Waals surface area contributed by atoms with Gasteiger partial charge in [0.05, 0.1) is 9.21 Å². The Bertz CT molecular complexity index is 363. The van der Waals surface area contributed by atoms with E-state index in [1.165, 1.54) is 7.05 Å². The molecule has 6 heteroatoms. The molecule has 0 aromatic carbocycles. The number of amides is 1. The number of nitrogens with zero attached hydrogens (tertiary/aromatic N) is 1. The molecule has 4 nitrogen and oxygen atoms in total. The van der Waals surface area contributed by atoms with Crippen molar-refractivity contribution >= 4 is 34.8 Å². The molecule has 76 valence electrons. The van der Waals surface area contributed by atoms with E-state index in [9.17, 15) is 9.59 Å². The normalized spacial score (nSPS) is 9.86. The molecule has 0 saturated carbocycles. The summed E-state index contributed by atoms with van der Waals surface area (Å²) in [5, 5.41) is 8.47. The first-order valence-electron chi connectivity index (χ1n) is 3.73. The summed E-state index contributed by atoms with van der Waals surface area (Å²) in [6.45, 7) is -0.311. The van der Waals surface area contributed by atoms with Gasteiger partial charge < -0.3 is 10.0 Å². The summed E-state index contributed by atoms with van der Waals surface area (Å²) in [5.41, 5.74) is 0. The topological polar surface area (TPSA) is 57.6 Å². The average Bonchev–Trinajstić information content (AvgIpc) is 2.49. The Morgan fingerprint density at radius 3 is 2.64 bits per heavy atom. The van der Waals surface area contributed by atoms with Crippen molar-refractivity contribution in [3.05, 3.63) is 21.3 Å². The predicted octanol–water partition coefficient (Wildman–Crippen LogP) is 1.56. The van der Waals surface area contributed by atoms with Gasteiger partial charge >= 0.3 is 5.97 Å². The van der Waals surface area contributed by atoms with E-state index in [4.69, 9.17) is 16.7 Å². The number of carbonyl (C=O) groups is 2. The van der Waals surface area contributed by atoms with Crippen molar-refractivity contribution in [2.45, 2.75) is 0 Å². The van der Waals surface area contributed by atoms with Crippen molar-refractivity contribution in [2.24, 2.45) is 0 Å². The smallest absolute Gasteiger partial charge is 0.323 e. The largest absolute Gasteiger partial charge is 0.480 e. The summed E-state index contributed by atoms with van der Waals surface area (Å²) >= 11 is 6.78. The Morgan fingerprint density at radius 2 is 2.21 bits per heavy atom. The highest BCUT2D eigenvalue weighted by molar-refractivity contribution is 7.17. The molecule has 0 saturated heterocycles. The van der Waals surface area contributed by atoms with Crippen LogP contribution in [0.15, 0.2) is 12.1 Å². The van der Waals surface area contributed by atoms with Crippen LogP contribution < -0.4 is 0 Å². The Balaban J connectivity index is 2.70. The number of rotatable bonds is 3. The van der Waals surface area contributed by atoms with Crippen LogP contribution in [-0.4, -0.2) is 35.5 Å². The van der Waals surface area contributed by atoms with Gasteiger partial charge in [0.2, 0.25) is 0 Å². The SMILES string of the molecule is CN(CC(=O)O)C(=O)c1ccc(Cl)s1. The third-order valence-electron chi connectivity index (χ3n) is 1.50. The van der Waals surface area contributed by atoms with Gasteiger partial charge in [0.1, 0.15) is 6.54 Å². The van der Waals surface area contributed by atoms with Crippen LogP contribution in [0.3, 0.4) is 0 Å². The first-order chi connectivity index (χ1) is 6.50. The second-order valence-corrected chi connectivity index (χ2v) is 4.37. The van der Waals surface area contributed by atoms with Gasteiger partial charge in [-0.1, -0.05) is 11.6 Å². The first-order valence-corrected chi connectivity index (χ1v) is 4.92. The summed E-state index contributed by atoms with van der Waals surface area (Å²) in [6.07, 6.45) is 0. The third kappa shape index (κ3) is 2.71. The van der Waals surface area contributed by atoms with Crippen molar-refractivity contribution in [2.75, 3.05) is 13.6 Å². The molecule has 0 aliphatic rings. The average molecular weight is 234 g/mol. The van der Waals surface area contributed by atoms with E-state index in [1.807, 2.05) is 0 Å². The van der Waals surface area contributed by atoms with E-state index in [0.717, 1.165) is 16.2 Å². The molecule has 1 N–H and O–H groups in total. The van der Waals surface area contributed by atoms with Gasteiger partial charge in [-0.25, -0.2) is 0 Å². The fourth-order valence-corrected chi connectivity index (χ4v) is 1.93. The highest BCUT2D eigenvalue weighted by Gasteiger charge is 2.15. The molecule has 14 heavy (non-hydrogen) atoms. The molecule has 0 aliphatic carbocycles. The molecular weight excluding hydrogens is 226 g/mol. The van der Waals surface area contributed by atoms with Gasteiger partial charge in [-0.2, -0.15) is 0 Å². The van der Waals surface area contributed by atoms with Gasteiger partial charge in [0, 0.05) is 7.05 Å². The maximum Gasteiger partial charge on any atom is 0.323 e. The van der Waals surface area contributed by atoms with Crippen molar-refractivity contribution in [3.63, 3.8) is 0 Å². The van der Waals surface area contributed by atoms with Crippen LogP contribution in [0.4, 0.5) is 0 Å². The lowest BCUT2D eigenvalue weighted by atomic mass is 10.4. The quantitative estimate of drug-likeness (QED) is 0.862. The number of aliphatic carboxylic acids is 1. The predicted molar refractivity (Wildman–Crippen MR) is 53.9 cm³/mol. The van der Waals surface area contributed by atoms with Crippen LogP contribution in [0.25, 0.3) is 0 Å². The second kappa shape index (κ2) is 4.43. The summed E-state index contributed by atoms with van der Waals surface area (Å²) < 4.78 is 0.511. The minimum absolute atomic E-state index is 0.311. The monoisotopic (exact) mass is 233 g/mol. The highest BCUT2D eigenvalue weighted by Crippen LogP contribution is 2.22. The lowest BCUT2D eigenvalue weighted by Crippen LogP contribution is -2.31. The molecule has 1 heterocycles. The van der Waals surface area contributed by atoms with E-state index in [-0.39, 0.29) is 12.5 Å². The zero-order valence-electron chi connectivity index (χ0n) is 7.36. The Hall–Kier alpha value is -1.07. The van der Waals surface area contributed by atoms with Crippen LogP contribution in [0, 0.1) is 0 Å². The first kappa shape index (κ1) is 11.0. The summed E-state index contributed by atoms with van der Waals surface area (Å²) in [4.78, 5) is 23.4. The molecule has 0 fully saturated rings. The third-order valence-corrected chi connectivity index (χ3v) is 2.72. The fourth-order valence-electron chi connectivity index (χ4n) is 0.892. The van der Waals surface area contributed by atoms with Crippen molar-refractivity contribution in [3.8, 4) is 0 Å². The second-order valence-electron chi connectivity index (χ2n) is 2.66. The van der Waals surface area contributed by atoms with E-state index in [2.05, 4.69) is 0 Å². The number of carboxylic acid groups (broad SMARTS) is 1. The fraction of sp³-hybridized carbons (Fsp3) is 0.250. The Morgan fingerprint density at radius 1 is 1.57 bits per heavy atom. The maximum atomic E-state index is 11.5. The van der Waals surface area contributed by atoms with Crippen LogP contribution in [0.2, 0.25) is 4.34 Å². The summed E-state index contributed by atoms with van der Waals surface area (Å²) in [5.74, 6) is -1.37. The van der Waals surface area contributed by atoms with Crippen molar-refractivity contribution in [1.82, 2.24) is 4.90 Å². The number of thiophene rings is 1. The van der Waals surface area contributed by atoms with E-state index < -0.39 is 5.97 Å². The number of carboxylic acids is 1. The molecule has 1 rings (SSSR count). The van der Waals surface area contributed by atoms with E-state index >= 15 is 0 Å². The van der Waals surface area contributed by atoms with Gasteiger partial charge in [-0.05, 0) is 12.1 Å². The summed E-state index contributed by atoms with van der Waals surface area (Å²) in [7, 11) is 1.43. The van der Waals surface area contributed by atoms with Gasteiger partial charge in [0.25, 0.3) is 5.91 Å². The van der Waals surface area contributed by atoms with Crippen LogP contribution in [0.5, 0.6) is 0 Å². The standard InChI is InChI=1S/C8H8ClNO3S/c1-10(4-7(11)12)8(13)5-2-3-6(9)14-5/h2-3H,4H2,1H3,(H,11,12). The minimum atomic E-state index is -1.04. The molecular formula is C8H8ClNO3S. The Kier molecular flexibility index (Phi) is 3.49. The van der Waals surface area contributed by atoms with Gasteiger partial charge in [-0.3, -0.25) is 9.59 Å². The number of carbonyl (C=O) groups excluding carboxylic acids is 1. The maximum absolute atomic E-state index is 11.5. The molecule has 0 spiro atoms. The van der Waals surface area contributed by atoms with Gasteiger partial charge in [0.15, 0.2) is 0 Å². The number of hydrogen-bond donors (Lipinski definition) is 1. The zero-order valence-corrected chi connectivity index (χ0v) is 8.93. The molecule has 1 aromatic rings.